The average molecular weight is 345 g/mol. The van der Waals surface area contributed by atoms with Crippen LogP contribution in [0.2, 0.25) is 0 Å². The standard InChI is InChI=1S/C19H27N3O3/c23-18(24)13-22-11-7-16(8-12-22)19(25)21-17-3-1-14(2-4-17)15-5-9-20-10-6-15/h1-4,15-16,20H,5-13H2,(H,21,25)(H,23,24). The fourth-order valence-corrected chi connectivity index (χ4v) is 3.78. The Morgan fingerprint density at radius 1 is 1.08 bits per heavy atom. The number of anilines is 1. The first-order valence-electron chi connectivity index (χ1n) is 9.17. The highest BCUT2D eigenvalue weighted by molar-refractivity contribution is 5.92. The molecule has 6 heteroatoms. The minimum atomic E-state index is -0.809. The molecule has 25 heavy (non-hydrogen) atoms. The van der Waals surface area contributed by atoms with Gasteiger partial charge in [-0.3, -0.25) is 14.5 Å². The number of amides is 1. The maximum absolute atomic E-state index is 12.4. The Balaban J connectivity index is 1.49. The van der Waals surface area contributed by atoms with E-state index in [1.165, 1.54) is 18.4 Å². The first-order chi connectivity index (χ1) is 12.1. The molecule has 0 atom stereocenters. The summed E-state index contributed by atoms with van der Waals surface area (Å²) < 4.78 is 0. The third-order valence-electron chi connectivity index (χ3n) is 5.31. The van der Waals surface area contributed by atoms with Gasteiger partial charge in [-0.15, -0.1) is 0 Å². The van der Waals surface area contributed by atoms with Gasteiger partial charge in [-0.2, -0.15) is 0 Å². The monoisotopic (exact) mass is 345 g/mol. The van der Waals surface area contributed by atoms with E-state index in [9.17, 15) is 9.59 Å². The van der Waals surface area contributed by atoms with Gasteiger partial charge in [0.2, 0.25) is 5.91 Å². The lowest BCUT2D eigenvalue weighted by Gasteiger charge is -2.30. The van der Waals surface area contributed by atoms with E-state index in [-0.39, 0.29) is 18.4 Å². The van der Waals surface area contributed by atoms with Gasteiger partial charge in [-0.05, 0) is 75.5 Å². The maximum atomic E-state index is 12.4. The summed E-state index contributed by atoms with van der Waals surface area (Å²) >= 11 is 0. The Morgan fingerprint density at radius 2 is 1.72 bits per heavy atom. The second-order valence-electron chi connectivity index (χ2n) is 7.08. The van der Waals surface area contributed by atoms with Gasteiger partial charge in [-0.1, -0.05) is 12.1 Å². The van der Waals surface area contributed by atoms with Gasteiger partial charge in [-0.25, -0.2) is 0 Å². The number of hydrogen-bond donors (Lipinski definition) is 3. The van der Waals surface area contributed by atoms with Crippen molar-refractivity contribution in [3.8, 4) is 0 Å². The molecule has 2 saturated heterocycles. The fraction of sp³-hybridized carbons (Fsp3) is 0.579. The van der Waals surface area contributed by atoms with E-state index in [2.05, 4.69) is 22.8 Å². The van der Waals surface area contributed by atoms with Crippen molar-refractivity contribution in [1.29, 1.82) is 0 Å². The highest BCUT2D eigenvalue weighted by Crippen LogP contribution is 2.26. The fourth-order valence-electron chi connectivity index (χ4n) is 3.78. The van der Waals surface area contributed by atoms with Crippen LogP contribution in [0.4, 0.5) is 5.69 Å². The molecule has 1 aromatic rings. The zero-order valence-electron chi connectivity index (χ0n) is 14.5. The summed E-state index contributed by atoms with van der Waals surface area (Å²) in [7, 11) is 0. The molecule has 0 bridgehead atoms. The number of benzene rings is 1. The summed E-state index contributed by atoms with van der Waals surface area (Å²) in [6.07, 6.45) is 3.76. The molecule has 0 spiro atoms. The van der Waals surface area contributed by atoms with Crippen LogP contribution in [-0.2, 0) is 9.59 Å². The third kappa shape index (κ3) is 5.03. The SMILES string of the molecule is O=C(O)CN1CCC(C(=O)Nc2ccc(C3CCNCC3)cc2)CC1. The van der Waals surface area contributed by atoms with E-state index >= 15 is 0 Å². The van der Waals surface area contributed by atoms with Crippen molar-refractivity contribution in [2.75, 3.05) is 38.0 Å². The van der Waals surface area contributed by atoms with E-state index in [1.54, 1.807) is 0 Å². The van der Waals surface area contributed by atoms with Crippen molar-refractivity contribution in [3.63, 3.8) is 0 Å². The molecule has 0 aromatic heterocycles. The van der Waals surface area contributed by atoms with Gasteiger partial charge in [0, 0.05) is 11.6 Å². The second kappa shape index (κ2) is 8.45. The molecule has 3 N–H and O–H groups in total. The highest BCUT2D eigenvalue weighted by atomic mass is 16.4. The Kier molecular flexibility index (Phi) is 6.04. The van der Waals surface area contributed by atoms with Crippen molar-refractivity contribution < 1.29 is 14.7 Å². The smallest absolute Gasteiger partial charge is 0.317 e. The molecule has 1 amide bonds. The van der Waals surface area contributed by atoms with E-state index < -0.39 is 5.97 Å². The minimum Gasteiger partial charge on any atom is -0.480 e. The summed E-state index contributed by atoms with van der Waals surface area (Å²) in [5.41, 5.74) is 2.19. The van der Waals surface area contributed by atoms with Crippen LogP contribution in [0.3, 0.4) is 0 Å². The number of carbonyl (C=O) groups excluding carboxylic acids is 1. The first-order valence-corrected chi connectivity index (χ1v) is 9.17. The van der Waals surface area contributed by atoms with E-state index in [4.69, 9.17) is 5.11 Å². The van der Waals surface area contributed by atoms with Crippen LogP contribution in [0.1, 0.15) is 37.2 Å². The van der Waals surface area contributed by atoms with Crippen LogP contribution in [0.5, 0.6) is 0 Å². The summed E-state index contributed by atoms with van der Waals surface area (Å²) in [6.45, 7) is 3.54. The minimum absolute atomic E-state index is 0.0332. The number of likely N-dealkylation sites (tertiary alicyclic amines) is 1. The maximum Gasteiger partial charge on any atom is 0.317 e. The van der Waals surface area contributed by atoms with Crippen LogP contribution in [0, 0.1) is 5.92 Å². The van der Waals surface area contributed by atoms with Gasteiger partial charge >= 0.3 is 5.97 Å². The number of aliphatic carboxylic acids is 1. The molecule has 3 rings (SSSR count). The molecule has 136 valence electrons. The van der Waals surface area contributed by atoms with Crippen molar-refractivity contribution in [1.82, 2.24) is 10.2 Å². The van der Waals surface area contributed by atoms with Crippen molar-refractivity contribution in [3.05, 3.63) is 29.8 Å². The Morgan fingerprint density at radius 3 is 2.32 bits per heavy atom. The molecular formula is C19H27N3O3. The lowest BCUT2D eigenvalue weighted by Crippen LogP contribution is -2.40. The Labute approximate surface area is 148 Å². The zero-order valence-corrected chi connectivity index (χ0v) is 14.5. The first kappa shape index (κ1) is 17.9. The molecule has 0 aliphatic carbocycles. The summed E-state index contributed by atoms with van der Waals surface area (Å²) in [6, 6.07) is 8.24. The molecule has 0 saturated carbocycles. The number of nitrogens with zero attached hydrogens (tertiary/aromatic N) is 1. The van der Waals surface area contributed by atoms with Gasteiger partial charge in [0.25, 0.3) is 0 Å². The van der Waals surface area contributed by atoms with Crippen molar-refractivity contribution in [2.24, 2.45) is 5.92 Å². The van der Waals surface area contributed by atoms with Crippen LogP contribution in [0.15, 0.2) is 24.3 Å². The predicted molar refractivity (Wildman–Crippen MR) is 96.7 cm³/mol. The molecule has 2 fully saturated rings. The van der Waals surface area contributed by atoms with Gasteiger partial charge in [0.1, 0.15) is 0 Å². The summed E-state index contributed by atoms with van der Waals surface area (Å²) in [5.74, 6) is -0.181. The van der Waals surface area contributed by atoms with Crippen LogP contribution < -0.4 is 10.6 Å². The van der Waals surface area contributed by atoms with Crippen molar-refractivity contribution >= 4 is 17.6 Å². The van der Waals surface area contributed by atoms with Crippen LogP contribution in [-0.4, -0.2) is 54.6 Å². The van der Waals surface area contributed by atoms with E-state index in [0.717, 1.165) is 18.8 Å². The predicted octanol–water partition coefficient (Wildman–Crippen LogP) is 1.89. The molecule has 2 aliphatic rings. The van der Waals surface area contributed by atoms with Crippen LogP contribution in [0.25, 0.3) is 0 Å². The number of carboxylic acid groups (broad SMARTS) is 1. The van der Waals surface area contributed by atoms with Gasteiger partial charge in [0.05, 0.1) is 6.54 Å². The number of piperidine rings is 2. The number of carbonyl (C=O) groups is 2. The zero-order chi connectivity index (χ0) is 17.6. The highest BCUT2D eigenvalue weighted by Gasteiger charge is 2.26. The number of rotatable bonds is 5. The Bertz CT molecular complexity index is 588. The average Bonchev–Trinajstić information content (AvgIpc) is 2.63. The third-order valence-corrected chi connectivity index (χ3v) is 5.31. The molecule has 2 heterocycles. The van der Waals surface area contributed by atoms with Gasteiger partial charge in [0.15, 0.2) is 0 Å². The molecular weight excluding hydrogens is 318 g/mol. The van der Waals surface area contributed by atoms with E-state index in [0.29, 0.717) is 31.8 Å². The summed E-state index contributed by atoms with van der Waals surface area (Å²) in [4.78, 5) is 25.1. The Hall–Kier alpha value is -1.92. The number of hydrogen-bond acceptors (Lipinski definition) is 4. The normalized spacial score (nSPS) is 20.3. The van der Waals surface area contributed by atoms with Gasteiger partial charge < -0.3 is 15.7 Å². The lowest BCUT2D eigenvalue weighted by atomic mass is 9.90. The molecule has 0 unspecified atom stereocenters. The number of nitrogens with one attached hydrogen (secondary N) is 2. The molecule has 1 aromatic carbocycles. The number of carboxylic acids is 1. The van der Waals surface area contributed by atoms with E-state index in [1.807, 2.05) is 17.0 Å². The summed E-state index contributed by atoms with van der Waals surface area (Å²) in [5, 5.41) is 15.2. The largest absolute Gasteiger partial charge is 0.480 e. The molecule has 2 aliphatic heterocycles. The second-order valence-corrected chi connectivity index (χ2v) is 7.08. The van der Waals surface area contributed by atoms with Crippen LogP contribution >= 0.6 is 0 Å². The molecule has 0 radical (unpaired) electrons. The lowest BCUT2D eigenvalue weighted by molar-refractivity contribution is -0.138. The quantitative estimate of drug-likeness (QED) is 0.759. The topological polar surface area (TPSA) is 81.7 Å². The van der Waals surface area contributed by atoms with Crippen molar-refractivity contribution in [2.45, 2.75) is 31.6 Å². The molecule has 6 nitrogen and oxygen atoms in total.